The number of nitrogens with zero attached hydrogens (tertiary/aromatic N) is 2. The molecule has 2 aliphatic rings. The Morgan fingerprint density at radius 2 is 2.25 bits per heavy atom. The molecule has 20 heavy (non-hydrogen) atoms. The minimum absolute atomic E-state index is 0.0357. The Kier molecular flexibility index (Phi) is 4.51. The molecule has 0 saturated heterocycles. The predicted molar refractivity (Wildman–Crippen MR) is 81.3 cm³/mol. The van der Waals surface area contributed by atoms with E-state index in [4.69, 9.17) is 0 Å². The molecule has 0 bridgehead atoms. The van der Waals surface area contributed by atoms with Gasteiger partial charge in [0.25, 0.3) is 0 Å². The Balaban J connectivity index is 1.61. The lowest BCUT2D eigenvalue weighted by molar-refractivity contribution is 0.381. The number of aromatic amines is 1. The Bertz CT molecular complexity index is 494. The van der Waals surface area contributed by atoms with E-state index in [0.717, 1.165) is 24.5 Å². The zero-order valence-electron chi connectivity index (χ0n) is 12.1. The minimum Gasteiger partial charge on any atom is -0.314 e. The second-order valence-corrected chi connectivity index (χ2v) is 7.24. The lowest BCUT2D eigenvalue weighted by Crippen LogP contribution is -2.35. The van der Waals surface area contributed by atoms with Crippen LogP contribution in [0.25, 0.3) is 0 Å². The van der Waals surface area contributed by atoms with Gasteiger partial charge in [-0.2, -0.15) is 0 Å². The van der Waals surface area contributed by atoms with E-state index in [1.807, 2.05) is 4.57 Å². The van der Waals surface area contributed by atoms with Crippen LogP contribution in [-0.2, 0) is 0 Å². The normalized spacial score (nSPS) is 26.9. The molecular formula is C14H24N4OS. The number of hydrogen-bond donors (Lipinski definition) is 2. The van der Waals surface area contributed by atoms with E-state index in [1.54, 1.807) is 11.8 Å². The SMILES string of the molecule is CCCNC1CCCC(Sc2n[nH]c(=O)n2C2CC2)C1. The van der Waals surface area contributed by atoms with Crippen molar-refractivity contribution in [3.63, 3.8) is 0 Å². The van der Waals surface area contributed by atoms with E-state index < -0.39 is 0 Å². The van der Waals surface area contributed by atoms with Crippen molar-refractivity contribution in [2.75, 3.05) is 6.54 Å². The van der Waals surface area contributed by atoms with Gasteiger partial charge in [0, 0.05) is 17.3 Å². The number of aromatic nitrogens is 3. The van der Waals surface area contributed by atoms with Crippen LogP contribution in [0.2, 0.25) is 0 Å². The smallest absolute Gasteiger partial charge is 0.314 e. The molecule has 0 radical (unpaired) electrons. The van der Waals surface area contributed by atoms with Gasteiger partial charge in [0.2, 0.25) is 0 Å². The Morgan fingerprint density at radius 1 is 1.40 bits per heavy atom. The molecule has 2 unspecified atom stereocenters. The molecule has 1 heterocycles. The van der Waals surface area contributed by atoms with Gasteiger partial charge in [-0.1, -0.05) is 25.1 Å². The summed E-state index contributed by atoms with van der Waals surface area (Å²) in [7, 11) is 0. The average molecular weight is 296 g/mol. The highest BCUT2D eigenvalue weighted by atomic mass is 32.2. The number of H-pyrrole nitrogens is 1. The van der Waals surface area contributed by atoms with Crippen LogP contribution in [-0.4, -0.2) is 32.6 Å². The summed E-state index contributed by atoms with van der Waals surface area (Å²) < 4.78 is 1.87. The summed E-state index contributed by atoms with van der Waals surface area (Å²) in [4.78, 5) is 11.8. The van der Waals surface area contributed by atoms with E-state index in [1.165, 1.54) is 32.1 Å². The van der Waals surface area contributed by atoms with E-state index >= 15 is 0 Å². The van der Waals surface area contributed by atoms with Gasteiger partial charge in [-0.3, -0.25) is 4.57 Å². The van der Waals surface area contributed by atoms with E-state index in [0.29, 0.717) is 17.3 Å². The minimum atomic E-state index is -0.0357. The van der Waals surface area contributed by atoms with Crippen LogP contribution in [0.3, 0.4) is 0 Å². The van der Waals surface area contributed by atoms with Crippen LogP contribution >= 0.6 is 11.8 Å². The summed E-state index contributed by atoms with van der Waals surface area (Å²) in [6.07, 6.45) is 8.42. The lowest BCUT2D eigenvalue weighted by atomic mass is 9.95. The first-order valence-electron chi connectivity index (χ1n) is 7.85. The first-order valence-corrected chi connectivity index (χ1v) is 8.73. The van der Waals surface area contributed by atoms with Gasteiger partial charge in [-0.15, -0.1) is 5.10 Å². The van der Waals surface area contributed by atoms with Gasteiger partial charge >= 0.3 is 5.69 Å². The van der Waals surface area contributed by atoms with Gasteiger partial charge < -0.3 is 5.32 Å². The quantitative estimate of drug-likeness (QED) is 0.845. The topological polar surface area (TPSA) is 62.7 Å². The number of thioether (sulfide) groups is 1. The zero-order chi connectivity index (χ0) is 13.9. The summed E-state index contributed by atoms with van der Waals surface area (Å²) in [5, 5.41) is 12.0. The van der Waals surface area contributed by atoms with Gasteiger partial charge in [0.05, 0.1) is 0 Å². The first kappa shape index (κ1) is 14.2. The van der Waals surface area contributed by atoms with Crippen molar-refractivity contribution >= 4 is 11.8 Å². The average Bonchev–Trinajstić information content (AvgIpc) is 3.22. The van der Waals surface area contributed by atoms with E-state index in [9.17, 15) is 4.79 Å². The molecule has 0 aliphatic heterocycles. The maximum absolute atomic E-state index is 11.8. The highest BCUT2D eigenvalue weighted by Crippen LogP contribution is 2.39. The van der Waals surface area contributed by atoms with E-state index in [-0.39, 0.29) is 5.69 Å². The molecule has 112 valence electrons. The van der Waals surface area contributed by atoms with Crippen molar-refractivity contribution in [1.29, 1.82) is 0 Å². The third kappa shape index (κ3) is 3.28. The monoisotopic (exact) mass is 296 g/mol. The van der Waals surface area contributed by atoms with Crippen LogP contribution in [0.5, 0.6) is 0 Å². The standard InChI is InChI=1S/C14H24N4OS/c1-2-8-15-10-4-3-5-12(9-10)20-14-17-16-13(19)18(14)11-6-7-11/h10-12,15H,2-9H2,1H3,(H,16,19). The highest BCUT2D eigenvalue weighted by molar-refractivity contribution is 7.99. The largest absolute Gasteiger partial charge is 0.344 e. The summed E-state index contributed by atoms with van der Waals surface area (Å²) in [5.41, 5.74) is -0.0357. The molecule has 1 aromatic rings. The zero-order valence-corrected chi connectivity index (χ0v) is 12.9. The third-order valence-corrected chi connectivity index (χ3v) is 5.43. The fraction of sp³-hybridized carbons (Fsp3) is 0.857. The molecule has 0 aromatic carbocycles. The molecule has 0 amide bonds. The third-order valence-electron chi connectivity index (χ3n) is 4.17. The summed E-state index contributed by atoms with van der Waals surface area (Å²) >= 11 is 1.80. The Labute approximate surface area is 123 Å². The Hall–Kier alpha value is -0.750. The van der Waals surface area contributed by atoms with Gasteiger partial charge in [0.1, 0.15) is 0 Å². The summed E-state index contributed by atoms with van der Waals surface area (Å²) in [5.74, 6) is 0. The van der Waals surface area contributed by atoms with Crippen LogP contribution in [0.15, 0.2) is 9.95 Å². The second kappa shape index (κ2) is 6.35. The van der Waals surface area contributed by atoms with Crippen LogP contribution in [0.1, 0.15) is 57.9 Å². The van der Waals surface area contributed by atoms with Crippen molar-refractivity contribution in [2.24, 2.45) is 0 Å². The molecule has 2 saturated carbocycles. The predicted octanol–water partition coefficient (Wildman–Crippen LogP) is 2.31. The van der Waals surface area contributed by atoms with Crippen molar-refractivity contribution in [3.05, 3.63) is 10.5 Å². The van der Waals surface area contributed by atoms with Crippen molar-refractivity contribution in [3.8, 4) is 0 Å². The molecular weight excluding hydrogens is 272 g/mol. The van der Waals surface area contributed by atoms with Crippen LogP contribution < -0.4 is 11.0 Å². The fourth-order valence-corrected chi connectivity index (χ4v) is 4.32. The summed E-state index contributed by atoms with van der Waals surface area (Å²) in [6, 6.07) is 1.04. The first-order chi connectivity index (χ1) is 9.78. The number of rotatable bonds is 6. The van der Waals surface area contributed by atoms with Gasteiger partial charge in [0.15, 0.2) is 5.16 Å². The molecule has 1 aromatic heterocycles. The molecule has 2 N–H and O–H groups in total. The van der Waals surface area contributed by atoms with Crippen LogP contribution in [0.4, 0.5) is 0 Å². The van der Waals surface area contributed by atoms with E-state index in [2.05, 4.69) is 22.4 Å². The molecule has 2 fully saturated rings. The fourth-order valence-electron chi connectivity index (χ4n) is 2.96. The molecule has 0 spiro atoms. The lowest BCUT2D eigenvalue weighted by Gasteiger charge is -2.29. The van der Waals surface area contributed by atoms with Crippen LogP contribution in [0, 0.1) is 0 Å². The van der Waals surface area contributed by atoms with Crippen molar-refractivity contribution < 1.29 is 0 Å². The number of nitrogens with one attached hydrogen (secondary N) is 2. The van der Waals surface area contributed by atoms with Gasteiger partial charge in [-0.05, 0) is 45.1 Å². The molecule has 6 heteroatoms. The molecule has 2 atom stereocenters. The maximum atomic E-state index is 11.8. The van der Waals surface area contributed by atoms with Gasteiger partial charge in [-0.25, -0.2) is 9.89 Å². The molecule has 2 aliphatic carbocycles. The highest BCUT2D eigenvalue weighted by Gasteiger charge is 2.30. The molecule has 5 nitrogen and oxygen atoms in total. The molecule has 3 rings (SSSR count). The maximum Gasteiger partial charge on any atom is 0.344 e. The summed E-state index contributed by atoms with van der Waals surface area (Å²) in [6.45, 7) is 3.32. The van der Waals surface area contributed by atoms with Crippen molar-refractivity contribution in [2.45, 2.75) is 74.4 Å². The number of hydrogen-bond acceptors (Lipinski definition) is 4. The van der Waals surface area contributed by atoms with Crippen molar-refractivity contribution in [1.82, 2.24) is 20.1 Å². The Morgan fingerprint density at radius 3 is 3.00 bits per heavy atom. The second-order valence-electron chi connectivity index (χ2n) is 5.97.